The molecule has 0 saturated heterocycles. The van der Waals surface area contributed by atoms with E-state index in [1.165, 1.54) is 0 Å². The van der Waals surface area contributed by atoms with E-state index in [1.807, 2.05) is 18.2 Å². The highest BCUT2D eigenvalue weighted by Gasteiger charge is 2.31. The molecule has 4 nitrogen and oxygen atoms in total. The fourth-order valence-corrected chi connectivity index (χ4v) is 2.23. The monoisotopic (exact) mass is 239 g/mol. The molecule has 0 atom stereocenters. The minimum Gasteiger partial charge on any atom is -0.364 e. The van der Waals surface area contributed by atoms with Crippen LogP contribution in [0, 0.1) is 0 Å². The van der Waals surface area contributed by atoms with Gasteiger partial charge in [-0.25, -0.2) is 0 Å². The Balaban J connectivity index is 2.20. The molecule has 1 amide bonds. The summed E-state index contributed by atoms with van der Waals surface area (Å²) in [7, 11) is 0. The van der Waals surface area contributed by atoms with Gasteiger partial charge in [-0.3, -0.25) is 14.8 Å². The molecule has 90 valence electrons. The zero-order valence-corrected chi connectivity index (χ0v) is 9.84. The summed E-state index contributed by atoms with van der Waals surface area (Å²) in [6.07, 6.45) is 7.36. The van der Waals surface area contributed by atoms with Crippen LogP contribution in [0.3, 0.4) is 0 Å². The van der Waals surface area contributed by atoms with E-state index in [-0.39, 0.29) is 0 Å². The number of pyridine rings is 2. The first-order chi connectivity index (χ1) is 8.77. The topological polar surface area (TPSA) is 68.9 Å². The van der Waals surface area contributed by atoms with Gasteiger partial charge in [0.05, 0.1) is 0 Å². The van der Waals surface area contributed by atoms with E-state index in [0.29, 0.717) is 11.6 Å². The first-order valence-electron chi connectivity index (χ1n) is 5.96. The quantitative estimate of drug-likeness (QED) is 0.891. The Hall–Kier alpha value is -2.23. The molecule has 18 heavy (non-hydrogen) atoms. The van der Waals surface area contributed by atoms with E-state index in [1.54, 1.807) is 18.6 Å². The van der Waals surface area contributed by atoms with Crippen LogP contribution in [0.5, 0.6) is 0 Å². The first kappa shape index (κ1) is 10.9. The lowest BCUT2D eigenvalue weighted by molar-refractivity contribution is 0.0994. The Morgan fingerprint density at radius 3 is 2.72 bits per heavy atom. The van der Waals surface area contributed by atoms with E-state index in [0.717, 1.165) is 29.5 Å². The molecule has 2 aromatic rings. The summed E-state index contributed by atoms with van der Waals surface area (Å²) in [4.78, 5) is 19.7. The van der Waals surface area contributed by atoms with Crippen molar-refractivity contribution in [2.24, 2.45) is 5.73 Å². The van der Waals surface area contributed by atoms with Gasteiger partial charge in [0, 0.05) is 24.2 Å². The largest absolute Gasteiger partial charge is 0.364 e. The third-order valence-corrected chi connectivity index (χ3v) is 3.18. The van der Waals surface area contributed by atoms with Gasteiger partial charge in [0.15, 0.2) is 0 Å². The second-order valence-electron chi connectivity index (χ2n) is 4.50. The van der Waals surface area contributed by atoms with Gasteiger partial charge in [0.25, 0.3) is 5.91 Å². The highest BCUT2D eigenvalue weighted by Crippen LogP contribution is 2.45. The van der Waals surface area contributed by atoms with Crippen LogP contribution in [-0.4, -0.2) is 15.9 Å². The summed E-state index contributed by atoms with van der Waals surface area (Å²) < 4.78 is 0. The van der Waals surface area contributed by atoms with Crippen LogP contribution in [0.25, 0.3) is 11.1 Å². The van der Waals surface area contributed by atoms with Gasteiger partial charge in [-0.1, -0.05) is 6.07 Å². The molecule has 0 aromatic carbocycles. The molecular weight excluding hydrogens is 226 g/mol. The standard InChI is InChI=1S/C14H13N3O/c15-14(18)13-12(9-3-4-9)11(5-7-17-13)10-2-1-6-16-8-10/h1-2,5-9H,3-4H2,(H2,15,18). The highest BCUT2D eigenvalue weighted by molar-refractivity contribution is 5.94. The number of carbonyl (C=O) groups is 1. The van der Waals surface area contributed by atoms with E-state index in [4.69, 9.17) is 5.73 Å². The van der Waals surface area contributed by atoms with Crippen LogP contribution in [-0.2, 0) is 0 Å². The Kier molecular flexibility index (Phi) is 2.55. The molecule has 0 aliphatic heterocycles. The average Bonchev–Trinajstić information content (AvgIpc) is 3.23. The van der Waals surface area contributed by atoms with Crippen LogP contribution < -0.4 is 5.73 Å². The van der Waals surface area contributed by atoms with Crippen LogP contribution in [0.15, 0.2) is 36.8 Å². The number of amides is 1. The van der Waals surface area contributed by atoms with Crippen molar-refractivity contribution in [2.75, 3.05) is 0 Å². The first-order valence-corrected chi connectivity index (χ1v) is 5.96. The van der Waals surface area contributed by atoms with Crippen molar-refractivity contribution >= 4 is 5.91 Å². The summed E-state index contributed by atoms with van der Waals surface area (Å²) in [6.45, 7) is 0. The SMILES string of the molecule is NC(=O)c1nccc(-c2cccnc2)c1C1CC1. The maximum absolute atomic E-state index is 11.5. The number of hydrogen-bond donors (Lipinski definition) is 1. The van der Waals surface area contributed by atoms with Crippen molar-refractivity contribution < 1.29 is 4.79 Å². The molecule has 3 rings (SSSR count). The molecule has 1 aliphatic carbocycles. The average molecular weight is 239 g/mol. The van der Waals surface area contributed by atoms with Crippen molar-refractivity contribution in [1.82, 2.24) is 9.97 Å². The maximum Gasteiger partial charge on any atom is 0.267 e. The molecule has 0 spiro atoms. The van der Waals surface area contributed by atoms with Crippen molar-refractivity contribution in [3.8, 4) is 11.1 Å². The Bertz CT molecular complexity index is 591. The minimum atomic E-state index is -0.456. The smallest absolute Gasteiger partial charge is 0.267 e. The summed E-state index contributed by atoms with van der Waals surface area (Å²) in [5.41, 5.74) is 8.82. The van der Waals surface area contributed by atoms with Crippen LogP contribution in [0.1, 0.15) is 34.8 Å². The van der Waals surface area contributed by atoms with E-state index in [9.17, 15) is 4.79 Å². The Labute approximate surface area is 105 Å². The van der Waals surface area contributed by atoms with Crippen molar-refractivity contribution in [3.05, 3.63) is 48.0 Å². The van der Waals surface area contributed by atoms with Gasteiger partial charge in [-0.05, 0) is 42.0 Å². The maximum atomic E-state index is 11.5. The summed E-state index contributed by atoms with van der Waals surface area (Å²) in [5, 5.41) is 0. The van der Waals surface area contributed by atoms with Gasteiger partial charge in [-0.15, -0.1) is 0 Å². The Morgan fingerprint density at radius 1 is 1.28 bits per heavy atom. The molecule has 0 radical (unpaired) electrons. The number of primary amides is 1. The summed E-state index contributed by atoms with van der Waals surface area (Å²) in [5.74, 6) is -0.0425. The fraction of sp³-hybridized carbons (Fsp3) is 0.214. The molecule has 2 heterocycles. The minimum absolute atomic E-state index is 0.402. The number of nitrogens with zero attached hydrogens (tertiary/aromatic N) is 2. The predicted molar refractivity (Wildman–Crippen MR) is 68.0 cm³/mol. The van der Waals surface area contributed by atoms with Crippen molar-refractivity contribution in [3.63, 3.8) is 0 Å². The van der Waals surface area contributed by atoms with Gasteiger partial charge < -0.3 is 5.73 Å². The van der Waals surface area contributed by atoms with Gasteiger partial charge in [0.2, 0.25) is 0 Å². The molecular formula is C14H13N3O. The lowest BCUT2D eigenvalue weighted by Gasteiger charge is -2.11. The van der Waals surface area contributed by atoms with E-state index < -0.39 is 5.91 Å². The molecule has 0 unspecified atom stereocenters. The highest BCUT2D eigenvalue weighted by atomic mass is 16.1. The van der Waals surface area contributed by atoms with Gasteiger partial charge >= 0.3 is 0 Å². The molecule has 1 fully saturated rings. The van der Waals surface area contributed by atoms with Crippen molar-refractivity contribution in [1.29, 1.82) is 0 Å². The number of aromatic nitrogens is 2. The molecule has 1 saturated carbocycles. The van der Waals surface area contributed by atoms with E-state index >= 15 is 0 Å². The van der Waals surface area contributed by atoms with Gasteiger partial charge in [-0.2, -0.15) is 0 Å². The number of hydrogen-bond acceptors (Lipinski definition) is 3. The zero-order valence-electron chi connectivity index (χ0n) is 9.84. The predicted octanol–water partition coefficient (Wildman–Crippen LogP) is 2.12. The summed E-state index contributed by atoms with van der Waals surface area (Å²) in [6, 6.07) is 5.80. The molecule has 1 aliphatic rings. The van der Waals surface area contributed by atoms with Gasteiger partial charge in [0.1, 0.15) is 5.69 Å². The zero-order chi connectivity index (χ0) is 12.5. The second-order valence-corrected chi connectivity index (χ2v) is 4.50. The Morgan fingerprint density at radius 2 is 2.11 bits per heavy atom. The molecule has 0 bridgehead atoms. The third kappa shape index (κ3) is 1.86. The fourth-order valence-electron chi connectivity index (χ4n) is 2.23. The number of carbonyl (C=O) groups excluding carboxylic acids is 1. The van der Waals surface area contributed by atoms with Crippen LogP contribution >= 0.6 is 0 Å². The molecule has 2 aromatic heterocycles. The normalized spacial score (nSPS) is 14.4. The molecule has 4 heteroatoms. The lowest BCUT2D eigenvalue weighted by Crippen LogP contribution is -2.16. The molecule has 2 N–H and O–H groups in total. The van der Waals surface area contributed by atoms with Crippen LogP contribution in [0.2, 0.25) is 0 Å². The van der Waals surface area contributed by atoms with Crippen molar-refractivity contribution in [2.45, 2.75) is 18.8 Å². The summed E-state index contributed by atoms with van der Waals surface area (Å²) >= 11 is 0. The lowest BCUT2D eigenvalue weighted by atomic mass is 9.96. The number of nitrogens with two attached hydrogens (primary N) is 1. The third-order valence-electron chi connectivity index (χ3n) is 3.18. The van der Waals surface area contributed by atoms with Crippen LogP contribution in [0.4, 0.5) is 0 Å². The second kappa shape index (κ2) is 4.22. The number of rotatable bonds is 3. The van der Waals surface area contributed by atoms with E-state index in [2.05, 4.69) is 9.97 Å².